The summed E-state index contributed by atoms with van der Waals surface area (Å²) in [5.41, 5.74) is -0.490. The molecule has 7 rings (SSSR count). The summed E-state index contributed by atoms with van der Waals surface area (Å²) in [7, 11) is -8.38. The molecular formula is C15H4O10P2. The minimum Gasteiger partial charge on any atom is -0.447 e. The third kappa shape index (κ3) is 1.49. The van der Waals surface area contributed by atoms with Crippen LogP contribution in [0.5, 0.6) is 34.5 Å². The van der Waals surface area contributed by atoms with E-state index in [0.717, 1.165) is 0 Å². The van der Waals surface area contributed by atoms with Crippen LogP contribution in [0.2, 0.25) is 0 Å². The number of rotatable bonds is 0. The van der Waals surface area contributed by atoms with Gasteiger partial charge >= 0.3 is 15.6 Å². The van der Waals surface area contributed by atoms with E-state index in [1.54, 1.807) is 18.2 Å². The first-order valence-corrected chi connectivity index (χ1v) is 10.5. The average molecular weight is 406 g/mol. The van der Waals surface area contributed by atoms with E-state index in [4.69, 9.17) is 31.6 Å². The van der Waals surface area contributed by atoms with Crippen LogP contribution in [0.1, 0.15) is 0 Å². The molecule has 0 saturated heterocycles. The maximum Gasteiger partial charge on any atom is 0.647 e. The zero-order valence-electron chi connectivity index (χ0n) is 12.8. The van der Waals surface area contributed by atoms with E-state index < -0.39 is 21.1 Å². The van der Waals surface area contributed by atoms with Crippen LogP contribution in [0.15, 0.2) is 33.5 Å². The van der Waals surface area contributed by atoms with Gasteiger partial charge in [0.15, 0.2) is 17.1 Å². The molecule has 12 heteroatoms. The second-order valence-corrected chi connectivity index (χ2v) is 8.93. The highest BCUT2D eigenvalue weighted by atomic mass is 31.2. The van der Waals surface area contributed by atoms with Crippen LogP contribution in [-0.4, -0.2) is 0 Å². The number of phosphoric ester groups is 2. The van der Waals surface area contributed by atoms with E-state index in [0.29, 0.717) is 0 Å². The van der Waals surface area contributed by atoms with Gasteiger partial charge in [-0.2, -0.15) is 9.13 Å². The maximum atomic E-state index is 13.1. The Labute approximate surface area is 148 Å². The molecule has 2 unspecified atom stereocenters. The van der Waals surface area contributed by atoms with Gasteiger partial charge in [0.05, 0.1) is 5.56 Å². The smallest absolute Gasteiger partial charge is 0.447 e. The molecule has 2 aromatic carbocycles. The maximum absolute atomic E-state index is 13.1. The summed E-state index contributed by atoms with van der Waals surface area (Å²) in [6, 6.07) is 6.31. The van der Waals surface area contributed by atoms with Gasteiger partial charge in [0.25, 0.3) is 0 Å². The number of fused-ring (bicyclic) bond motifs is 8. The largest absolute Gasteiger partial charge is 0.647 e. The average Bonchev–Trinajstić information content (AvgIpc) is 3.13. The molecule has 4 aliphatic rings. The molecule has 10 nitrogen and oxygen atoms in total. The summed E-state index contributed by atoms with van der Waals surface area (Å²) in [6.45, 7) is 0. The number of phosphoric acid groups is 2. The molecular weight excluding hydrogens is 402 g/mol. The molecule has 0 spiro atoms. The van der Waals surface area contributed by atoms with Crippen LogP contribution in [0.3, 0.4) is 0 Å². The highest BCUT2D eigenvalue weighted by molar-refractivity contribution is 7.50. The molecule has 1 aromatic heterocycles. The Morgan fingerprint density at radius 1 is 0.704 bits per heavy atom. The molecule has 0 radical (unpaired) electrons. The van der Waals surface area contributed by atoms with Crippen molar-refractivity contribution < 1.29 is 40.7 Å². The van der Waals surface area contributed by atoms with Gasteiger partial charge in [0.2, 0.25) is 28.4 Å². The Kier molecular flexibility index (Phi) is 2.04. The minimum absolute atomic E-state index is 0.0675. The first-order valence-electron chi connectivity index (χ1n) is 7.63. The summed E-state index contributed by atoms with van der Waals surface area (Å²) in [4.78, 5) is 13.1. The zero-order chi connectivity index (χ0) is 18.1. The Morgan fingerprint density at radius 3 is 2.19 bits per heavy atom. The van der Waals surface area contributed by atoms with E-state index in [1.165, 1.54) is 6.07 Å². The Balaban J connectivity index is 1.80. The number of para-hydroxylation sites is 1. The summed E-state index contributed by atoms with van der Waals surface area (Å²) in [5, 5.41) is -0.103. The predicted octanol–water partition coefficient (Wildman–Crippen LogP) is 4.00. The highest BCUT2D eigenvalue weighted by Crippen LogP contribution is 2.73. The Morgan fingerprint density at radius 2 is 1.33 bits per heavy atom. The zero-order valence-corrected chi connectivity index (χ0v) is 14.6. The predicted molar refractivity (Wildman–Crippen MR) is 86.9 cm³/mol. The quantitative estimate of drug-likeness (QED) is 0.507. The molecule has 27 heavy (non-hydrogen) atoms. The van der Waals surface area contributed by atoms with Gasteiger partial charge in [-0.1, -0.05) is 12.1 Å². The van der Waals surface area contributed by atoms with Gasteiger partial charge in [-0.25, -0.2) is 0 Å². The van der Waals surface area contributed by atoms with Gasteiger partial charge in [-0.3, -0.25) is 4.79 Å². The first kappa shape index (κ1) is 14.0. The number of hydrogen-bond acceptors (Lipinski definition) is 10. The van der Waals surface area contributed by atoms with Crippen molar-refractivity contribution in [3.05, 3.63) is 34.5 Å². The molecule has 134 valence electrons. The van der Waals surface area contributed by atoms with Crippen molar-refractivity contribution >= 4 is 26.6 Å². The van der Waals surface area contributed by atoms with Crippen LogP contribution in [0.4, 0.5) is 0 Å². The lowest BCUT2D eigenvalue weighted by Crippen LogP contribution is -2.10. The van der Waals surface area contributed by atoms with Crippen LogP contribution in [0, 0.1) is 0 Å². The van der Waals surface area contributed by atoms with Gasteiger partial charge in [-0.05, 0) is 12.1 Å². The van der Waals surface area contributed by atoms with E-state index in [9.17, 15) is 13.9 Å². The van der Waals surface area contributed by atoms with Gasteiger partial charge < -0.3 is 31.6 Å². The Bertz CT molecular complexity index is 1420. The lowest BCUT2D eigenvalue weighted by Gasteiger charge is -2.17. The minimum atomic E-state index is -4.21. The van der Waals surface area contributed by atoms with Gasteiger partial charge in [-0.15, -0.1) is 0 Å². The van der Waals surface area contributed by atoms with Crippen LogP contribution < -0.4 is 32.6 Å². The molecule has 5 heterocycles. The SMILES string of the molecule is O=c1c2c3oc4c5c(c6c(c14)OP(=O)(O6)O2)OP(=O)(Oc1ccccc1-3)O5. The fourth-order valence-corrected chi connectivity index (χ4v) is 6.01. The highest BCUT2D eigenvalue weighted by Gasteiger charge is 2.56. The molecule has 0 N–H and O–H groups in total. The molecule has 3 aromatic rings. The third-order valence-electron chi connectivity index (χ3n) is 4.48. The third-order valence-corrected chi connectivity index (χ3v) is 6.93. The summed E-state index contributed by atoms with van der Waals surface area (Å²) < 4.78 is 64.1. The van der Waals surface area contributed by atoms with Crippen molar-refractivity contribution in [3.63, 3.8) is 0 Å². The lowest BCUT2D eigenvalue weighted by molar-refractivity contribution is 0.319. The molecule has 4 aliphatic heterocycles. The second-order valence-electron chi connectivity index (χ2n) is 6.05. The van der Waals surface area contributed by atoms with Crippen molar-refractivity contribution in [3.8, 4) is 45.8 Å². The summed E-state index contributed by atoms with van der Waals surface area (Å²) in [6.07, 6.45) is 0. The van der Waals surface area contributed by atoms with E-state index in [-0.39, 0.29) is 56.8 Å². The van der Waals surface area contributed by atoms with Gasteiger partial charge in [0, 0.05) is 0 Å². The normalized spacial score (nSPS) is 26.8. The molecule has 2 atom stereocenters. The monoisotopic (exact) mass is 406 g/mol. The van der Waals surface area contributed by atoms with Crippen molar-refractivity contribution in [2.75, 3.05) is 0 Å². The molecule has 0 amide bonds. The van der Waals surface area contributed by atoms with Crippen molar-refractivity contribution in [2.24, 2.45) is 0 Å². The van der Waals surface area contributed by atoms with E-state index in [2.05, 4.69) is 0 Å². The Hall–Kier alpha value is -3.09. The van der Waals surface area contributed by atoms with Crippen LogP contribution >= 0.6 is 15.6 Å². The van der Waals surface area contributed by atoms with Crippen molar-refractivity contribution in [2.45, 2.75) is 0 Å². The van der Waals surface area contributed by atoms with Crippen molar-refractivity contribution in [1.29, 1.82) is 0 Å². The topological polar surface area (TPSA) is 120 Å². The second kappa shape index (κ2) is 3.93. The molecule has 0 fully saturated rings. The number of benzene rings is 2. The fourth-order valence-electron chi connectivity index (χ4n) is 3.43. The summed E-state index contributed by atoms with van der Waals surface area (Å²) >= 11 is 0. The van der Waals surface area contributed by atoms with E-state index in [1.807, 2.05) is 0 Å². The lowest BCUT2D eigenvalue weighted by atomic mass is 10.1. The van der Waals surface area contributed by atoms with Crippen LogP contribution in [-0.2, 0) is 9.13 Å². The fraction of sp³-hybridized carbons (Fsp3) is 0. The van der Waals surface area contributed by atoms with Gasteiger partial charge in [0.1, 0.15) is 11.1 Å². The first-order chi connectivity index (χ1) is 12.9. The van der Waals surface area contributed by atoms with Crippen LogP contribution in [0.25, 0.3) is 22.3 Å². The standard InChI is InChI=1S/C15H4O10P2/c16-8-7-10-13-15-14-11(7)21-27(18,24-14)22-12(8)9(19-10)5-3-1-2-4-6(5)20-26(17,23-13)25-15/h1-4H. The van der Waals surface area contributed by atoms with Crippen molar-refractivity contribution in [1.82, 2.24) is 0 Å². The molecule has 0 saturated carbocycles. The number of hydrogen-bond donors (Lipinski definition) is 0. The molecule has 8 bridgehead atoms. The summed E-state index contributed by atoms with van der Waals surface area (Å²) in [5.74, 6) is -1.09. The van der Waals surface area contributed by atoms with E-state index >= 15 is 0 Å². The molecule has 0 aliphatic carbocycles.